The second kappa shape index (κ2) is 5.90. The van der Waals surface area contributed by atoms with Crippen LogP contribution in [0.15, 0.2) is 6.33 Å². The van der Waals surface area contributed by atoms with Crippen LogP contribution in [0.2, 0.25) is 0 Å². The molecule has 24 heavy (non-hydrogen) atoms. The summed E-state index contributed by atoms with van der Waals surface area (Å²) in [6.45, 7) is 6.52. The quantitative estimate of drug-likeness (QED) is 0.794. The van der Waals surface area contributed by atoms with Gasteiger partial charge >= 0.3 is 0 Å². The number of imidazole rings is 1. The molecule has 0 N–H and O–H groups in total. The third-order valence-electron chi connectivity index (χ3n) is 5.50. The number of anilines is 1. The van der Waals surface area contributed by atoms with Crippen molar-refractivity contribution in [2.24, 2.45) is 11.8 Å². The van der Waals surface area contributed by atoms with Crippen molar-refractivity contribution < 1.29 is 9.59 Å². The maximum Gasteiger partial charge on any atom is 0.241 e. The number of nitrogens with zero attached hydrogens (tertiary/aromatic N) is 4. The summed E-state index contributed by atoms with van der Waals surface area (Å²) < 4.78 is 2.12. The summed E-state index contributed by atoms with van der Waals surface area (Å²) in [6.07, 6.45) is 6.76. The lowest BCUT2D eigenvalue weighted by atomic mass is 9.95. The molecule has 1 atom stereocenters. The van der Waals surface area contributed by atoms with Crippen LogP contribution in [-0.2, 0) is 16.0 Å². The zero-order valence-electron chi connectivity index (χ0n) is 14.6. The molecular formula is C18H26N4O2. The van der Waals surface area contributed by atoms with Gasteiger partial charge in [-0.1, -0.05) is 0 Å². The van der Waals surface area contributed by atoms with Crippen LogP contribution in [0.4, 0.5) is 5.82 Å². The number of rotatable bonds is 4. The minimum absolute atomic E-state index is 0.0143. The Hall–Kier alpha value is -1.85. The van der Waals surface area contributed by atoms with E-state index in [4.69, 9.17) is 0 Å². The number of amides is 2. The van der Waals surface area contributed by atoms with Gasteiger partial charge < -0.3 is 9.47 Å². The number of aromatic nitrogens is 2. The summed E-state index contributed by atoms with van der Waals surface area (Å²) in [4.78, 5) is 34.2. The average molecular weight is 330 g/mol. The highest BCUT2D eigenvalue weighted by atomic mass is 16.2. The third kappa shape index (κ3) is 2.62. The maximum atomic E-state index is 13.1. The highest BCUT2D eigenvalue weighted by Gasteiger charge is 2.43. The summed E-state index contributed by atoms with van der Waals surface area (Å²) in [5, 5.41) is 0. The Morgan fingerprint density at radius 1 is 1.29 bits per heavy atom. The molecule has 130 valence electrons. The van der Waals surface area contributed by atoms with E-state index in [1.165, 1.54) is 12.8 Å². The molecule has 0 spiro atoms. The van der Waals surface area contributed by atoms with Gasteiger partial charge in [0.2, 0.25) is 11.8 Å². The van der Waals surface area contributed by atoms with E-state index in [1.54, 1.807) is 4.90 Å². The molecule has 1 aliphatic carbocycles. The van der Waals surface area contributed by atoms with Crippen molar-refractivity contribution in [2.45, 2.75) is 52.0 Å². The molecule has 6 nitrogen and oxygen atoms in total. The zero-order chi connectivity index (χ0) is 16.8. The fourth-order valence-electron chi connectivity index (χ4n) is 3.90. The van der Waals surface area contributed by atoms with Crippen LogP contribution in [0.5, 0.6) is 0 Å². The zero-order valence-corrected chi connectivity index (χ0v) is 14.6. The number of hydrogen-bond donors (Lipinski definition) is 0. The molecule has 1 aromatic heterocycles. The predicted octanol–water partition coefficient (Wildman–Crippen LogP) is 2.00. The lowest BCUT2D eigenvalue weighted by molar-refractivity contribution is -0.140. The molecule has 2 fully saturated rings. The Morgan fingerprint density at radius 3 is 2.62 bits per heavy atom. The fraction of sp³-hybridized carbons (Fsp3) is 0.722. The Kier molecular flexibility index (Phi) is 3.85. The molecule has 2 aliphatic heterocycles. The summed E-state index contributed by atoms with van der Waals surface area (Å²) >= 11 is 0. The van der Waals surface area contributed by atoms with Crippen molar-refractivity contribution in [1.82, 2.24) is 14.5 Å². The second-order valence-corrected chi connectivity index (χ2v) is 7.70. The van der Waals surface area contributed by atoms with Gasteiger partial charge in [-0.2, -0.15) is 0 Å². The summed E-state index contributed by atoms with van der Waals surface area (Å²) in [7, 11) is 0. The Bertz CT molecular complexity index is 656. The lowest BCUT2D eigenvalue weighted by Gasteiger charge is -2.33. The molecule has 0 radical (unpaired) electrons. The normalized spacial score (nSPS) is 24.0. The van der Waals surface area contributed by atoms with E-state index in [9.17, 15) is 9.59 Å². The Balaban J connectivity index is 1.67. The first-order valence-corrected chi connectivity index (χ1v) is 9.22. The number of carbonyl (C=O) groups is 2. The predicted molar refractivity (Wildman–Crippen MR) is 90.7 cm³/mol. The van der Waals surface area contributed by atoms with Crippen LogP contribution in [0.3, 0.4) is 0 Å². The van der Waals surface area contributed by atoms with Crippen LogP contribution in [0.1, 0.15) is 51.3 Å². The van der Waals surface area contributed by atoms with Gasteiger partial charge in [0.1, 0.15) is 5.92 Å². The molecule has 2 amide bonds. The van der Waals surface area contributed by atoms with Crippen LogP contribution in [0.25, 0.3) is 0 Å². The molecule has 3 heterocycles. The first-order valence-electron chi connectivity index (χ1n) is 9.22. The third-order valence-corrected chi connectivity index (χ3v) is 5.50. The van der Waals surface area contributed by atoms with E-state index >= 15 is 0 Å². The van der Waals surface area contributed by atoms with Crippen LogP contribution < -0.4 is 4.90 Å². The number of carbonyl (C=O) groups excluding carboxylic acids is 2. The first-order chi connectivity index (χ1) is 11.6. The topological polar surface area (TPSA) is 58.4 Å². The van der Waals surface area contributed by atoms with E-state index in [1.807, 2.05) is 11.2 Å². The molecule has 1 saturated carbocycles. The Morgan fingerprint density at radius 2 is 2.00 bits per heavy atom. The average Bonchev–Trinajstić information content (AvgIpc) is 3.04. The highest BCUT2D eigenvalue weighted by molar-refractivity contribution is 6.09. The van der Waals surface area contributed by atoms with Crippen LogP contribution in [0, 0.1) is 11.8 Å². The Labute approximate surface area is 142 Å². The van der Waals surface area contributed by atoms with Gasteiger partial charge in [-0.25, -0.2) is 4.98 Å². The van der Waals surface area contributed by atoms with Gasteiger partial charge in [0.15, 0.2) is 5.82 Å². The standard InChI is InChI=1S/C18H26N4O2/c1-12(2)22-11-19-16-15(22)9-14(17(23)20-7-3-4-8-20)18(24)21(16)10-13-5-6-13/h11-14H,3-10H2,1-2H3. The van der Waals surface area contributed by atoms with Gasteiger partial charge in [0.25, 0.3) is 0 Å². The lowest BCUT2D eigenvalue weighted by Crippen LogP contribution is -2.49. The van der Waals surface area contributed by atoms with Crippen LogP contribution in [-0.4, -0.2) is 45.9 Å². The minimum atomic E-state index is -0.566. The molecule has 4 rings (SSSR count). The van der Waals surface area contributed by atoms with Crippen LogP contribution >= 0.6 is 0 Å². The first kappa shape index (κ1) is 15.7. The van der Waals surface area contributed by atoms with Gasteiger partial charge in [0, 0.05) is 32.1 Å². The van der Waals surface area contributed by atoms with Gasteiger partial charge in [-0.15, -0.1) is 0 Å². The maximum absolute atomic E-state index is 13.1. The number of hydrogen-bond acceptors (Lipinski definition) is 3. The molecule has 0 aromatic carbocycles. The molecule has 3 aliphatic rings. The van der Waals surface area contributed by atoms with E-state index in [0.29, 0.717) is 18.9 Å². The number of likely N-dealkylation sites (tertiary alicyclic amines) is 1. The van der Waals surface area contributed by atoms with Crippen molar-refractivity contribution >= 4 is 17.6 Å². The number of fused-ring (bicyclic) bond motifs is 1. The van der Waals surface area contributed by atoms with E-state index in [0.717, 1.165) is 37.4 Å². The fourth-order valence-corrected chi connectivity index (χ4v) is 3.90. The summed E-state index contributed by atoms with van der Waals surface area (Å²) in [5.41, 5.74) is 1.04. The van der Waals surface area contributed by atoms with Crippen molar-refractivity contribution in [1.29, 1.82) is 0 Å². The highest BCUT2D eigenvalue weighted by Crippen LogP contribution is 2.37. The van der Waals surface area contributed by atoms with E-state index in [-0.39, 0.29) is 17.9 Å². The van der Waals surface area contributed by atoms with E-state index < -0.39 is 5.92 Å². The summed E-state index contributed by atoms with van der Waals surface area (Å²) in [6, 6.07) is 0.278. The smallest absolute Gasteiger partial charge is 0.241 e. The van der Waals surface area contributed by atoms with Gasteiger partial charge in [-0.3, -0.25) is 14.5 Å². The molecule has 0 bridgehead atoms. The van der Waals surface area contributed by atoms with Crippen molar-refractivity contribution in [2.75, 3.05) is 24.5 Å². The monoisotopic (exact) mass is 330 g/mol. The van der Waals surface area contributed by atoms with Crippen molar-refractivity contribution in [3.8, 4) is 0 Å². The van der Waals surface area contributed by atoms with Crippen molar-refractivity contribution in [3.05, 3.63) is 12.0 Å². The SMILES string of the molecule is CC(C)n1cnc2c1CC(C(=O)N1CCCC1)C(=O)N2CC1CC1. The molecule has 1 saturated heterocycles. The largest absolute Gasteiger partial charge is 0.342 e. The molecule has 1 unspecified atom stereocenters. The second-order valence-electron chi connectivity index (χ2n) is 7.70. The summed E-state index contributed by atoms with van der Waals surface area (Å²) in [5.74, 6) is 0.766. The molecule has 6 heteroatoms. The van der Waals surface area contributed by atoms with Crippen molar-refractivity contribution in [3.63, 3.8) is 0 Å². The van der Waals surface area contributed by atoms with Gasteiger partial charge in [-0.05, 0) is 45.4 Å². The minimum Gasteiger partial charge on any atom is -0.342 e. The molecule has 1 aromatic rings. The molecular weight excluding hydrogens is 304 g/mol. The van der Waals surface area contributed by atoms with E-state index in [2.05, 4.69) is 23.4 Å². The van der Waals surface area contributed by atoms with Gasteiger partial charge in [0.05, 0.1) is 12.0 Å².